The van der Waals surface area contributed by atoms with Gasteiger partial charge in [-0.25, -0.2) is 4.79 Å². The van der Waals surface area contributed by atoms with Crippen LogP contribution in [0.5, 0.6) is 0 Å². The molecular formula is C35H40N2O8Si. The molecule has 1 unspecified atom stereocenters. The fourth-order valence-electron chi connectivity index (χ4n) is 5.87. The molecule has 1 heterocycles. The van der Waals surface area contributed by atoms with Gasteiger partial charge >= 0.3 is 18.0 Å². The van der Waals surface area contributed by atoms with Gasteiger partial charge in [-0.1, -0.05) is 112 Å². The summed E-state index contributed by atoms with van der Waals surface area (Å²) in [5.41, 5.74) is 0.761. The molecule has 0 bridgehead atoms. The average Bonchev–Trinajstić information content (AvgIpc) is 3.35. The molecule has 1 amide bonds. The van der Waals surface area contributed by atoms with Crippen LogP contribution in [0.3, 0.4) is 0 Å². The van der Waals surface area contributed by atoms with Crippen molar-refractivity contribution in [3.05, 3.63) is 96.6 Å². The van der Waals surface area contributed by atoms with E-state index in [1.807, 2.05) is 84.9 Å². The van der Waals surface area contributed by atoms with Gasteiger partial charge in [-0.15, -0.1) is 0 Å². The molecule has 0 aromatic heterocycles. The highest BCUT2D eigenvalue weighted by atomic mass is 28.4. The van der Waals surface area contributed by atoms with Crippen LogP contribution in [0.25, 0.3) is 0 Å². The molecule has 0 aliphatic carbocycles. The third-order valence-electron chi connectivity index (χ3n) is 7.78. The Kier molecular flexibility index (Phi) is 11.3. The maximum Gasteiger partial charge on any atom is 0.408 e. The second-order valence-electron chi connectivity index (χ2n) is 12.1. The van der Waals surface area contributed by atoms with E-state index in [9.17, 15) is 19.6 Å². The molecule has 3 aromatic carbocycles. The Morgan fingerprint density at radius 1 is 0.848 bits per heavy atom. The van der Waals surface area contributed by atoms with E-state index in [1.54, 1.807) is 12.1 Å². The molecular weight excluding hydrogens is 604 g/mol. The molecule has 1 saturated heterocycles. The first-order valence-electron chi connectivity index (χ1n) is 15.1. The summed E-state index contributed by atoms with van der Waals surface area (Å²) in [6, 6.07) is 29.7. The van der Waals surface area contributed by atoms with Crippen molar-refractivity contribution in [2.45, 2.75) is 76.7 Å². The van der Waals surface area contributed by atoms with E-state index >= 15 is 0 Å². The largest absolute Gasteiger partial charge is 0.456 e. The topological polar surface area (TPSA) is 133 Å². The highest BCUT2D eigenvalue weighted by Crippen LogP contribution is 2.38. The zero-order valence-electron chi connectivity index (χ0n) is 26.7. The number of carbonyl (C=O) groups is 3. The lowest BCUT2D eigenvalue weighted by Crippen LogP contribution is -2.67. The van der Waals surface area contributed by atoms with Gasteiger partial charge in [-0.3, -0.25) is 9.59 Å². The van der Waals surface area contributed by atoms with Crippen molar-refractivity contribution >= 4 is 36.7 Å². The average molecular weight is 645 g/mol. The van der Waals surface area contributed by atoms with Gasteiger partial charge in [0, 0.05) is 13.8 Å². The van der Waals surface area contributed by atoms with Gasteiger partial charge in [0.15, 0.2) is 12.2 Å². The predicted octanol–water partition coefficient (Wildman–Crippen LogP) is 4.01. The monoisotopic (exact) mass is 644 g/mol. The maximum absolute atomic E-state index is 12.7. The van der Waals surface area contributed by atoms with Crippen LogP contribution in [0.4, 0.5) is 4.79 Å². The number of hydrogen-bond acceptors (Lipinski definition) is 9. The smallest absolute Gasteiger partial charge is 0.408 e. The molecule has 46 heavy (non-hydrogen) atoms. The second-order valence-corrected chi connectivity index (χ2v) is 16.4. The Morgan fingerprint density at radius 2 is 1.35 bits per heavy atom. The SMILES string of the molecule is CC(=O)O[C@@H]1[C@H](OC(C)=O)[C@@H](CO[Si](c2ccccc2)(c2ccccc2)C(C)(C)C)O[C@H]1C(C#N)NC(=O)OCc1ccccc1. The van der Waals surface area contributed by atoms with Crippen molar-refractivity contribution in [3.63, 3.8) is 0 Å². The fraction of sp³-hybridized carbons (Fsp3) is 0.371. The molecule has 0 saturated carbocycles. The Labute approximate surface area is 270 Å². The minimum atomic E-state index is -3.05. The Balaban J connectivity index is 1.65. The third kappa shape index (κ3) is 8.01. The summed E-state index contributed by atoms with van der Waals surface area (Å²) in [5.74, 6) is -1.31. The van der Waals surface area contributed by atoms with Crippen molar-refractivity contribution in [1.82, 2.24) is 5.32 Å². The van der Waals surface area contributed by atoms with E-state index in [1.165, 1.54) is 13.8 Å². The molecule has 0 spiro atoms. The van der Waals surface area contributed by atoms with E-state index < -0.39 is 56.8 Å². The van der Waals surface area contributed by atoms with Gasteiger partial charge in [0.05, 0.1) is 12.7 Å². The van der Waals surface area contributed by atoms with E-state index in [0.29, 0.717) is 0 Å². The molecule has 4 rings (SSSR count). The number of carbonyl (C=O) groups excluding carboxylic acids is 3. The Hall–Kier alpha value is -4.50. The van der Waals surface area contributed by atoms with Crippen LogP contribution >= 0.6 is 0 Å². The first kappa shape index (κ1) is 34.4. The van der Waals surface area contributed by atoms with Gasteiger partial charge in [0.2, 0.25) is 0 Å². The minimum Gasteiger partial charge on any atom is -0.456 e. The number of nitriles is 1. The van der Waals surface area contributed by atoms with Crippen LogP contribution in [0, 0.1) is 11.3 Å². The van der Waals surface area contributed by atoms with Gasteiger partial charge < -0.3 is 28.7 Å². The summed E-state index contributed by atoms with van der Waals surface area (Å²) in [4.78, 5) is 37.3. The van der Waals surface area contributed by atoms with E-state index in [0.717, 1.165) is 15.9 Å². The zero-order chi connectivity index (χ0) is 33.3. The quantitative estimate of drug-likeness (QED) is 0.187. The number of nitrogens with zero attached hydrogens (tertiary/aromatic N) is 1. The molecule has 0 radical (unpaired) electrons. The van der Waals surface area contributed by atoms with Crippen molar-refractivity contribution in [3.8, 4) is 6.07 Å². The molecule has 10 nitrogen and oxygen atoms in total. The molecule has 1 fully saturated rings. The number of alkyl carbamates (subject to hydrolysis) is 1. The number of benzene rings is 3. The van der Waals surface area contributed by atoms with Crippen LogP contribution in [0.15, 0.2) is 91.0 Å². The van der Waals surface area contributed by atoms with Crippen LogP contribution in [-0.2, 0) is 39.6 Å². The third-order valence-corrected chi connectivity index (χ3v) is 12.8. The van der Waals surface area contributed by atoms with Gasteiger partial charge in [0.1, 0.15) is 24.9 Å². The van der Waals surface area contributed by atoms with Gasteiger partial charge in [-0.05, 0) is 21.0 Å². The van der Waals surface area contributed by atoms with Gasteiger partial charge in [-0.2, -0.15) is 5.26 Å². The van der Waals surface area contributed by atoms with Crippen LogP contribution in [0.1, 0.15) is 40.2 Å². The zero-order valence-corrected chi connectivity index (χ0v) is 27.7. The van der Waals surface area contributed by atoms with E-state index in [4.69, 9.17) is 23.4 Å². The van der Waals surface area contributed by atoms with Gasteiger partial charge in [0.25, 0.3) is 8.32 Å². The summed E-state index contributed by atoms with van der Waals surface area (Å²) in [6.07, 6.45) is -5.35. The number of esters is 2. The Bertz CT molecular complexity index is 1470. The summed E-state index contributed by atoms with van der Waals surface area (Å²) in [5, 5.41) is 14.3. The minimum absolute atomic E-state index is 0.0191. The lowest BCUT2D eigenvalue weighted by atomic mass is 10.0. The molecule has 5 atom stereocenters. The summed E-state index contributed by atoms with van der Waals surface area (Å²) in [6.45, 7) is 8.74. The Morgan fingerprint density at radius 3 is 1.83 bits per heavy atom. The summed E-state index contributed by atoms with van der Waals surface area (Å²) >= 11 is 0. The predicted molar refractivity (Wildman–Crippen MR) is 173 cm³/mol. The molecule has 1 N–H and O–H groups in total. The van der Waals surface area contributed by atoms with Crippen LogP contribution in [-0.4, -0.2) is 63.4 Å². The summed E-state index contributed by atoms with van der Waals surface area (Å²) in [7, 11) is -3.05. The van der Waals surface area contributed by atoms with Crippen molar-refractivity contribution in [1.29, 1.82) is 5.26 Å². The van der Waals surface area contributed by atoms with Crippen molar-refractivity contribution in [2.24, 2.45) is 0 Å². The lowest BCUT2D eigenvalue weighted by molar-refractivity contribution is -0.164. The highest BCUT2D eigenvalue weighted by molar-refractivity contribution is 6.99. The lowest BCUT2D eigenvalue weighted by Gasteiger charge is -2.43. The molecule has 242 valence electrons. The standard InChI is InChI=1S/C35H40N2O8Si/c1-24(38)43-32-30(23-42-46(35(3,4)5,27-17-11-7-12-18-27)28-19-13-8-14-20-28)45-31(33(32)44-25(2)39)29(21-36)37-34(40)41-22-26-15-9-6-10-16-26/h6-20,29-33H,22-23H2,1-5H3,(H,37,40)/t29?,30-,31+,32-,33+/m1/s1. The fourth-order valence-corrected chi connectivity index (χ4v) is 10.4. The van der Waals surface area contributed by atoms with E-state index in [2.05, 4.69) is 26.1 Å². The van der Waals surface area contributed by atoms with Crippen molar-refractivity contribution < 1.29 is 37.8 Å². The second kappa shape index (κ2) is 15.2. The normalized spacial score (nSPS) is 20.2. The summed E-state index contributed by atoms with van der Waals surface area (Å²) < 4.78 is 30.0. The first-order valence-corrected chi connectivity index (χ1v) is 17.0. The molecule has 1 aliphatic rings. The number of amides is 1. The van der Waals surface area contributed by atoms with Crippen LogP contribution < -0.4 is 15.7 Å². The number of rotatable bonds is 11. The van der Waals surface area contributed by atoms with Crippen molar-refractivity contribution in [2.75, 3.05) is 6.61 Å². The molecule has 3 aromatic rings. The number of hydrogen-bond donors (Lipinski definition) is 1. The number of ether oxygens (including phenoxy) is 4. The highest BCUT2D eigenvalue weighted by Gasteiger charge is 2.55. The number of nitrogens with one attached hydrogen (secondary N) is 1. The van der Waals surface area contributed by atoms with Crippen LogP contribution in [0.2, 0.25) is 5.04 Å². The molecule has 11 heteroatoms. The first-order chi connectivity index (χ1) is 22.0. The van der Waals surface area contributed by atoms with E-state index in [-0.39, 0.29) is 18.3 Å². The maximum atomic E-state index is 12.7. The molecule has 1 aliphatic heterocycles.